The van der Waals surface area contributed by atoms with Crippen LogP contribution in [0.2, 0.25) is 5.02 Å². The Labute approximate surface area is 256 Å². The summed E-state index contributed by atoms with van der Waals surface area (Å²) in [5.74, 6) is -0.539. The topological polar surface area (TPSA) is 64.6 Å². The van der Waals surface area contributed by atoms with Gasteiger partial charge in [-0.05, 0) is 28.3 Å². The minimum absolute atomic E-state index is 0.0453. The van der Waals surface area contributed by atoms with Gasteiger partial charge in [0.25, 0.3) is 0 Å². The molecule has 5 nitrogen and oxygen atoms in total. The van der Waals surface area contributed by atoms with Crippen molar-refractivity contribution in [3.63, 3.8) is 0 Å². The number of hydrogen-bond acceptors (Lipinski definition) is 4. The quantitative estimate of drug-likeness (QED) is 0.140. The van der Waals surface area contributed by atoms with Crippen LogP contribution in [0.4, 0.5) is 4.79 Å². The third-order valence-corrected chi connectivity index (χ3v) is 8.15. The van der Waals surface area contributed by atoms with Gasteiger partial charge in [0.1, 0.15) is 6.61 Å². The van der Waals surface area contributed by atoms with E-state index in [4.69, 9.17) is 21.1 Å². The standard InChI is InChI=1S/C37H30ClNO4/c38-34-22-12-11-21-33(34)37(26-13-3-1-4-14-26,27-15-5-2-6-16-27)43-35(40)23-24-39-36(41)42-25-32-30-19-9-7-17-28(30)29-18-8-10-20-31(29)32/h1-22,32H,23-25H2,(H,39,41). The van der Waals surface area contributed by atoms with Gasteiger partial charge in [-0.15, -0.1) is 0 Å². The van der Waals surface area contributed by atoms with Crippen molar-refractivity contribution in [2.75, 3.05) is 13.2 Å². The van der Waals surface area contributed by atoms with E-state index >= 15 is 0 Å². The van der Waals surface area contributed by atoms with E-state index < -0.39 is 17.7 Å². The van der Waals surface area contributed by atoms with E-state index in [-0.39, 0.29) is 25.5 Å². The molecular formula is C37H30ClNO4. The van der Waals surface area contributed by atoms with Gasteiger partial charge >= 0.3 is 12.1 Å². The Morgan fingerprint density at radius 2 is 1.19 bits per heavy atom. The highest BCUT2D eigenvalue weighted by Crippen LogP contribution is 2.45. The van der Waals surface area contributed by atoms with Crippen molar-refractivity contribution in [3.05, 3.63) is 166 Å². The van der Waals surface area contributed by atoms with Crippen LogP contribution < -0.4 is 5.32 Å². The molecule has 5 aromatic rings. The largest absolute Gasteiger partial charge is 0.449 e. The van der Waals surface area contributed by atoms with Gasteiger partial charge in [-0.3, -0.25) is 4.79 Å². The summed E-state index contributed by atoms with van der Waals surface area (Å²) < 4.78 is 12.0. The van der Waals surface area contributed by atoms with Crippen LogP contribution >= 0.6 is 11.6 Å². The Balaban J connectivity index is 1.15. The first-order chi connectivity index (χ1) is 21.1. The molecule has 5 aromatic carbocycles. The lowest BCUT2D eigenvalue weighted by Gasteiger charge is -2.36. The number of benzene rings is 5. The van der Waals surface area contributed by atoms with E-state index in [1.165, 1.54) is 0 Å². The average Bonchev–Trinajstić information content (AvgIpc) is 3.37. The maximum atomic E-state index is 13.5. The molecule has 214 valence electrons. The number of alkyl carbamates (subject to hydrolysis) is 1. The monoisotopic (exact) mass is 587 g/mol. The van der Waals surface area contributed by atoms with Crippen molar-refractivity contribution >= 4 is 23.7 Å². The van der Waals surface area contributed by atoms with E-state index in [9.17, 15) is 9.59 Å². The van der Waals surface area contributed by atoms with Crippen molar-refractivity contribution in [2.24, 2.45) is 0 Å². The van der Waals surface area contributed by atoms with Crippen molar-refractivity contribution in [3.8, 4) is 11.1 Å². The SMILES string of the molecule is O=C(CCNC(=O)OCC1c2ccccc2-c2ccccc21)OC(c1ccccc1)(c1ccccc1)c1ccccc1Cl. The van der Waals surface area contributed by atoms with E-state index in [0.717, 1.165) is 33.4 Å². The molecule has 0 heterocycles. The molecule has 1 amide bonds. The Morgan fingerprint density at radius 3 is 1.77 bits per heavy atom. The number of carbonyl (C=O) groups is 2. The summed E-state index contributed by atoms with van der Waals surface area (Å²) in [4.78, 5) is 26.2. The lowest BCUT2D eigenvalue weighted by atomic mass is 9.80. The molecule has 1 N–H and O–H groups in total. The second kappa shape index (κ2) is 12.6. The van der Waals surface area contributed by atoms with Crippen molar-refractivity contribution in [2.45, 2.75) is 17.9 Å². The molecule has 1 aliphatic carbocycles. The number of esters is 1. The first kappa shape index (κ1) is 28.3. The maximum Gasteiger partial charge on any atom is 0.407 e. The molecule has 0 radical (unpaired) electrons. The van der Waals surface area contributed by atoms with E-state index in [1.54, 1.807) is 6.07 Å². The van der Waals surface area contributed by atoms with Crippen LogP contribution in [0.25, 0.3) is 11.1 Å². The third-order valence-electron chi connectivity index (χ3n) is 7.82. The summed E-state index contributed by atoms with van der Waals surface area (Å²) in [6.07, 6.45) is -0.645. The normalized spacial score (nSPS) is 12.2. The van der Waals surface area contributed by atoms with Crippen LogP contribution in [0.3, 0.4) is 0 Å². The minimum Gasteiger partial charge on any atom is -0.449 e. The second-order valence-corrected chi connectivity index (χ2v) is 10.8. The molecule has 0 saturated carbocycles. The Kier molecular flexibility index (Phi) is 8.25. The van der Waals surface area contributed by atoms with Crippen LogP contribution in [-0.4, -0.2) is 25.2 Å². The van der Waals surface area contributed by atoms with Gasteiger partial charge in [0, 0.05) is 34.2 Å². The lowest BCUT2D eigenvalue weighted by molar-refractivity contribution is -0.153. The van der Waals surface area contributed by atoms with E-state index in [1.807, 2.05) is 103 Å². The van der Waals surface area contributed by atoms with E-state index in [0.29, 0.717) is 10.6 Å². The first-order valence-corrected chi connectivity index (χ1v) is 14.6. The highest BCUT2D eigenvalue weighted by Gasteiger charge is 2.42. The van der Waals surface area contributed by atoms with Crippen LogP contribution in [-0.2, 0) is 19.9 Å². The average molecular weight is 588 g/mol. The molecule has 0 bridgehead atoms. The molecule has 0 atom stereocenters. The number of amides is 1. The number of fused-ring (bicyclic) bond motifs is 3. The summed E-state index contributed by atoms with van der Waals surface area (Å²) in [6, 6.07) is 42.8. The lowest BCUT2D eigenvalue weighted by Crippen LogP contribution is -2.37. The minimum atomic E-state index is -1.29. The molecule has 6 heteroatoms. The number of nitrogens with one attached hydrogen (secondary N) is 1. The zero-order chi connectivity index (χ0) is 29.6. The number of rotatable bonds is 9. The molecule has 0 spiro atoms. The molecule has 1 aliphatic rings. The Morgan fingerprint density at radius 1 is 0.674 bits per heavy atom. The zero-order valence-corrected chi connectivity index (χ0v) is 24.2. The van der Waals surface area contributed by atoms with Crippen molar-refractivity contribution < 1.29 is 19.1 Å². The van der Waals surface area contributed by atoms with Crippen molar-refractivity contribution in [1.82, 2.24) is 5.32 Å². The molecule has 0 saturated heterocycles. The van der Waals surface area contributed by atoms with Gasteiger partial charge in [-0.2, -0.15) is 0 Å². The zero-order valence-electron chi connectivity index (χ0n) is 23.4. The van der Waals surface area contributed by atoms with Crippen LogP contribution in [0.15, 0.2) is 133 Å². The Bertz CT molecular complexity index is 1650. The van der Waals surface area contributed by atoms with Crippen LogP contribution in [0.1, 0.15) is 40.2 Å². The number of ether oxygens (including phenoxy) is 2. The van der Waals surface area contributed by atoms with Crippen molar-refractivity contribution in [1.29, 1.82) is 0 Å². The summed E-state index contributed by atoms with van der Waals surface area (Å²) in [6.45, 7) is 0.250. The molecule has 43 heavy (non-hydrogen) atoms. The number of halogens is 1. The molecule has 0 fully saturated rings. The molecule has 0 unspecified atom stereocenters. The fourth-order valence-electron chi connectivity index (χ4n) is 5.88. The Hall–Kier alpha value is -4.87. The predicted octanol–water partition coefficient (Wildman–Crippen LogP) is 8.10. The first-order valence-electron chi connectivity index (χ1n) is 14.2. The summed E-state index contributed by atoms with van der Waals surface area (Å²) in [7, 11) is 0. The van der Waals surface area contributed by atoms with Crippen LogP contribution in [0, 0.1) is 0 Å². The second-order valence-electron chi connectivity index (χ2n) is 10.4. The predicted molar refractivity (Wildman–Crippen MR) is 168 cm³/mol. The highest BCUT2D eigenvalue weighted by molar-refractivity contribution is 6.31. The highest BCUT2D eigenvalue weighted by atomic mass is 35.5. The maximum absolute atomic E-state index is 13.5. The summed E-state index contributed by atoms with van der Waals surface area (Å²) in [5.41, 5.74) is 5.46. The number of hydrogen-bond donors (Lipinski definition) is 1. The van der Waals surface area contributed by atoms with E-state index in [2.05, 4.69) is 29.6 Å². The molecule has 0 aromatic heterocycles. The van der Waals surface area contributed by atoms with Crippen LogP contribution in [0.5, 0.6) is 0 Å². The van der Waals surface area contributed by atoms with Gasteiger partial charge in [-0.25, -0.2) is 4.79 Å². The molecule has 0 aliphatic heterocycles. The van der Waals surface area contributed by atoms with Gasteiger partial charge in [0.2, 0.25) is 0 Å². The summed E-state index contributed by atoms with van der Waals surface area (Å²) >= 11 is 6.72. The van der Waals surface area contributed by atoms with Gasteiger partial charge in [-0.1, -0.05) is 139 Å². The fraction of sp³-hybridized carbons (Fsp3) is 0.135. The summed E-state index contributed by atoms with van der Waals surface area (Å²) in [5, 5.41) is 3.19. The molecule has 6 rings (SSSR count). The fourth-order valence-corrected chi connectivity index (χ4v) is 6.15. The van der Waals surface area contributed by atoms with Gasteiger partial charge < -0.3 is 14.8 Å². The van der Waals surface area contributed by atoms with Gasteiger partial charge in [0.15, 0.2) is 5.60 Å². The molecular weight excluding hydrogens is 558 g/mol. The third kappa shape index (κ3) is 5.64. The van der Waals surface area contributed by atoms with Gasteiger partial charge in [0.05, 0.1) is 6.42 Å². The smallest absolute Gasteiger partial charge is 0.407 e. The number of carbonyl (C=O) groups excluding carboxylic acids is 2.